The summed E-state index contributed by atoms with van der Waals surface area (Å²) >= 11 is 5.78. The zero-order chi connectivity index (χ0) is 14.5. The van der Waals surface area contributed by atoms with Gasteiger partial charge in [0.15, 0.2) is 0 Å². The molecule has 0 fully saturated rings. The first-order chi connectivity index (χ1) is 8.84. The lowest BCUT2D eigenvalue weighted by molar-refractivity contribution is -0.142. The molecule has 0 aliphatic rings. The lowest BCUT2D eigenvalue weighted by Crippen LogP contribution is -2.12. The summed E-state index contributed by atoms with van der Waals surface area (Å²) in [7, 11) is 0. The van der Waals surface area contributed by atoms with Gasteiger partial charge in [-0.2, -0.15) is 13.2 Å². The first-order valence-electron chi connectivity index (χ1n) is 5.61. The zero-order valence-electron chi connectivity index (χ0n) is 10.2. The van der Waals surface area contributed by atoms with Crippen molar-refractivity contribution in [1.82, 2.24) is 0 Å². The fourth-order valence-corrected chi connectivity index (χ4v) is 1.55. The second-order valence-electron chi connectivity index (χ2n) is 3.67. The van der Waals surface area contributed by atoms with Crippen LogP contribution in [0.1, 0.15) is 18.9 Å². The van der Waals surface area contributed by atoms with E-state index in [0.29, 0.717) is 0 Å². The monoisotopic (exact) mass is 295 g/mol. The molecule has 0 atom stereocenters. The zero-order valence-corrected chi connectivity index (χ0v) is 10.9. The molecule has 1 rings (SSSR count). The third-order valence-electron chi connectivity index (χ3n) is 2.24. The van der Waals surface area contributed by atoms with Gasteiger partial charge in [0, 0.05) is 6.54 Å². The number of halogens is 4. The fourth-order valence-electron chi connectivity index (χ4n) is 1.37. The Balaban J connectivity index is 2.65. The largest absolute Gasteiger partial charge is 0.466 e. The number of carbonyl (C=O) groups excluding carboxylic acids is 1. The summed E-state index contributed by atoms with van der Waals surface area (Å²) < 4.78 is 42.2. The highest BCUT2D eigenvalue weighted by Crippen LogP contribution is 2.33. The molecule has 0 saturated heterocycles. The number of anilines is 1. The third kappa shape index (κ3) is 4.98. The van der Waals surface area contributed by atoms with E-state index in [1.54, 1.807) is 6.92 Å². The minimum Gasteiger partial charge on any atom is -0.466 e. The van der Waals surface area contributed by atoms with E-state index in [-0.39, 0.29) is 30.3 Å². The average molecular weight is 296 g/mol. The molecule has 0 aliphatic heterocycles. The summed E-state index contributed by atoms with van der Waals surface area (Å²) in [6.45, 7) is 2.10. The molecule has 0 saturated carbocycles. The van der Waals surface area contributed by atoms with Crippen molar-refractivity contribution in [2.75, 3.05) is 18.5 Å². The van der Waals surface area contributed by atoms with Crippen molar-refractivity contribution in [3.8, 4) is 0 Å². The summed E-state index contributed by atoms with van der Waals surface area (Å²) in [6, 6.07) is 2.98. The van der Waals surface area contributed by atoms with Crippen LogP contribution < -0.4 is 5.32 Å². The van der Waals surface area contributed by atoms with Crippen LogP contribution in [0, 0.1) is 0 Å². The number of esters is 1. The molecule has 0 spiro atoms. The van der Waals surface area contributed by atoms with Crippen LogP contribution in [0.5, 0.6) is 0 Å². The summed E-state index contributed by atoms with van der Waals surface area (Å²) in [5.41, 5.74) is -0.656. The normalized spacial score (nSPS) is 11.2. The Kier molecular flexibility index (Phi) is 5.47. The predicted octanol–water partition coefficient (Wildman–Crippen LogP) is 3.72. The SMILES string of the molecule is CCOC(=O)CCNc1cc(C(F)(F)F)ccc1Cl. The van der Waals surface area contributed by atoms with Crippen molar-refractivity contribution in [3.05, 3.63) is 28.8 Å². The van der Waals surface area contributed by atoms with Gasteiger partial charge in [-0.1, -0.05) is 11.6 Å². The van der Waals surface area contributed by atoms with Gasteiger partial charge in [0.1, 0.15) is 0 Å². The topological polar surface area (TPSA) is 38.3 Å². The van der Waals surface area contributed by atoms with Crippen molar-refractivity contribution >= 4 is 23.3 Å². The smallest absolute Gasteiger partial charge is 0.416 e. The molecule has 3 nitrogen and oxygen atoms in total. The van der Waals surface area contributed by atoms with E-state index < -0.39 is 17.7 Å². The molecule has 1 N–H and O–H groups in total. The maximum Gasteiger partial charge on any atom is 0.416 e. The van der Waals surface area contributed by atoms with E-state index in [0.717, 1.165) is 18.2 Å². The molecule has 0 amide bonds. The Morgan fingerprint density at radius 1 is 1.42 bits per heavy atom. The van der Waals surface area contributed by atoms with Crippen molar-refractivity contribution in [2.45, 2.75) is 19.5 Å². The molecular weight excluding hydrogens is 283 g/mol. The standard InChI is InChI=1S/C12H13ClF3NO2/c1-2-19-11(18)5-6-17-10-7-8(12(14,15)16)3-4-9(10)13/h3-4,7,17H,2,5-6H2,1H3. The molecule has 1 aromatic carbocycles. The van der Waals surface area contributed by atoms with Crippen LogP contribution in [0.25, 0.3) is 0 Å². The Bertz CT molecular complexity index is 449. The highest BCUT2D eigenvalue weighted by molar-refractivity contribution is 6.33. The molecule has 7 heteroatoms. The number of nitrogens with one attached hydrogen (secondary N) is 1. The number of benzene rings is 1. The molecule has 106 valence electrons. The molecule has 0 radical (unpaired) electrons. The molecule has 0 bridgehead atoms. The molecule has 0 aromatic heterocycles. The molecule has 19 heavy (non-hydrogen) atoms. The summed E-state index contributed by atoms with van der Waals surface area (Å²) in [4.78, 5) is 11.1. The number of hydrogen-bond acceptors (Lipinski definition) is 3. The van der Waals surface area contributed by atoms with Crippen molar-refractivity contribution in [2.24, 2.45) is 0 Å². The minimum atomic E-state index is -4.43. The Morgan fingerprint density at radius 3 is 2.68 bits per heavy atom. The van der Waals surface area contributed by atoms with Gasteiger partial charge in [0.2, 0.25) is 0 Å². The van der Waals surface area contributed by atoms with Gasteiger partial charge in [-0.15, -0.1) is 0 Å². The van der Waals surface area contributed by atoms with Gasteiger partial charge >= 0.3 is 12.1 Å². The number of carbonyl (C=O) groups is 1. The number of rotatable bonds is 5. The second-order valence-corrected chi connectivity index (χ2v) is 4.08. The van der Waals surface area contributed by atoms with E-state index >= 15 is 0 Å². The summed E-state index contributed by atoms with van der Waals surface area (Å²) in [6.07, 6.45) is -4.37. The van der Waals surface area contributed by atoms with Crippen molar-refractivity contribution < 1.29 is 22.7 Å². The quantitative estimate of drug-likeness (QED) is 0.841. The van der Waals surface area contributed by atoms with E-state index in [9.17, 15) is 18.0 Å². The van der Waals surface area contributed by atoms with Crippen LogP contribution in [0.2, 0.25) is 5.02 Å². The van der Waals surface area contributed by atoms with E-state index in [4.69, 9.17) is 16.3 Å². The Morgan fingerprint density at radius 2 is 2.11 bits per heavy atom. The van der Waals surface area contributed by atoms with E-state index in [1.807, 2.05) is 0 Å². The summed E-state index contributed by atoms with van der Waals surface area (Å²) in [5.74, 6) is -0.418. The highest BCUT2D eigenvalue weighted by atomic mass is 35.5. The lowest BCUT2D eigenvalue weighted by atomic mass is 10.2. The van der Waals surface area contributed by atoms with Crippen LogP contribution in [0.4, 0.5) is 18.9 Å². The van der Waals surface area contributed by atoms with Crippen LogP contribution in [-0.2, 0) is 15.7 Å². The van der Waals surface area contributed by atoms with Crippen LogP contribution >= 0.6 is 11.6 Å². The third-order valence-corrected chi connectivity index (χ3v) is 2.57. The van der Waals surface area contributed by atoms with Crippen LogP contribution in [0.3, 0.4) is 0 Å². The molecular formula is C12H13ClF3NO2. The first-order valence-corrected chi connectivity index (χ1v) is 5.98. The number of hydrogen-bond donors (Lipinski definition) is 1. The van der Waals surface area contributed by atoms with Gasteiger partial charge in [-0.05, 0) is 25.1 Å². The van der Waals surface area contributed by atoms with Gasteiger partial charge in [0.05, 0.1) is 29.3 Å². The predicted molar refractivity (Wildman–Crippen MR) is 66.2 cm³/mol. The minimum absolute atomic E-state index is 0.0560. The lowest BCUT2D eigenvalue weighted by Gasteiger charge is -2.12. The van der Waals surface area contributed by atoms with Crippen molar-refractivity contribution in [3.63, 3.8) is 0 Å². The van der Waals surface area contributed by atoms with Crippen LogP contribution in [0.15, 0.2) is 18.2 Å². The molecule has 0 aliphatic carbocycles. The van der Waals surface area contributed by atoms with Gasteiger partial charge in [0.25, 0.3) is 0 Å². The van der Waals surface area contributed by atoms with Gasteiger partial charge in [-0.3, -0.25) is 4.79 Å². The van der Waals surface area contributed by atoms with E-state index in [1.165, 1.54) is 0 Å². The molecule has 0 heterocycles. The summed E-state index contributed by atoms with van der Waals surface area (Å²) in [5, 5.41) is 2.85. The second kappa shape index (κ2) is 6.65. The van der Waals surface area contributed by atoms with Gasteiger partial charge in [-0.25, -0.2) is 0 Å². The fraction of sp³-hybridized carbons (Fsp3) is 0.417. The Hall–Kier alpha value is -1.43. The van der Waals surface area contributed by atoms with Crippen molar-refractivity contribution in [1.29, 1.82) is 0 Å². The number of ether oxygens (including phenoxy) is 1. The maximum atomic E-state index is 12.5. The highest BCUT2D eigenvalue weighted by Gasteiger charge is 2.30. The Labute approximate surface area is 113 Å². The number of alkyl halides is 3. The first kappa shape index (κ1) is 15.6. The van der Waals surface area contributed by atoms with Crippen LogP contribution in [-0.4, -0.2) is 19.1 Å². The average Bonchev–Trinajstić information content (AvgIpc) is 2.30. The molecule has 0 unspecified atom stereocenters. The van der Waals surface area contributed by atoms with E-state index in [2.05, 4.69) is 5.32 Å². The maximum absolute atomic E-state index is 12.5. The van der Waals surface area contributed by atoms with Gasteiger partial charge < -0.3 is 10.1 Å². The molecule has 1 aromatic rings.